The average molecular weight is 813 g/mol. The van der Waals surface area contributed by atoms with Crippen molar-refractivity contribution in [3.8, 4) is 0 Å². The van der Waals surface area contributed by atoms with E-state index in [4.69, 9.17) is 19.4 Å². The number of unbranched alkanes of at least 4 members (excludes halogenated alkanes) is 26. The fraction of sp³-hybridized carbons (Fsp3) is 0.939. The number of nitrogens with zero attached hydrogens (tertiary/aromatic N) is 1. The Morgan fingerprint density at radius 3 is 1.14 bits per heavy atom. The highest BCUT2D eigenvalue weighted by Gasteiger charge is 2.15. The first kappa shape index (κ1) is 59.5. The third kappa shape index (κ3) is 56.3. The molecular formula is C49H100N2O6. The molecule has 0 fully saturated rings. The minimum atomic E-state index is -0.428. The number of hydrogen-bond donors (Lipinski definition) is 2. The molecule has 0 radical (unpaired) electrons. The topological polar surface area (TPSA) is 105 Å². The van der Waals surface area contributed by atoms with Gasteiger partial charge in [-0.1, -0.05) is 195 Å². The highest BCUT2D eigenvalue weighted by molar-refractivity contribution is 5.67. The summed E-state index contributed by atoms with van der Waals surface area (Å²) >= 11 is 0. The van der Waals surface area contributed by atoms with Crippen molar-refractivity contribution >= 4 is 19.0 Å². The Kier molecular flexibility index (Phi) is 52.5. The predicted octanol–water partition coefficient (Wildman–Crippen LogP) is 15.0. The third-order valence-electron chi connectivity index (χ3n) is 10.5. The summed E-state index contributed by atoms with van der Waals surface area (Å²) in [6, 6.07) is 0. The zero-order chi connectivity index (χ0) is 42.9. The second kappa shape index (κ2) is 50.3. The monoisotopic (exact) mass is 813 g/mol. The Labute approximate surface area is 355 Å². The number of carboxylic acid groups (broad SMARTS) is 1. The van der Waals surface area contributed by atoms with Crippen molar-refractivity contribution < 1.29 is 29.0 Å². The largest absolute Gasteiger partial charge is 0.483 e. The van der Waals surface area contributed by atoms with Crippen LogP contribution in [0.1, 0.15) is 260 Å². The van der Waals surface area contributed by atoms with E-state index in [0.29, 0.717) is 13.0 Å². The average Bonchev–Trinajstić information content (AvgIpc) is 3.17. The molecule has 0 atom stereocenters. The van der Waals surface area contributed by atoms with Crippen LogP contribution in [-0.2, 0) is 19.1 Å². The third-order valence-corrected chi connectivity index (χ3v) is 10.5. The van der Waals surface area contributed by atoms with Crippen LogP contribution in [0.5, 0.6) is 0 Å². The van der Waals surface area contributed by atoms with E-state index in [2.05, 4.69) is 37.9 Å². The summed E-state index contributed by atoms with van der Waals surface area (Å²) in [5.74, 6) is 0. The van der Waals surface area contributed by atoms with Crippen LogP contribution < -0.4 is 5.32 Å². The van der Waals surface area contributed by atoms with Gasteiger partial charge in [-0.05, 0) is 85.4 Å². The summed E-state index contributed by atoms with van der Waals surface area (Å²) in [4.78, 5) is 33.4. The molecule has 0 unspecified atom stereocenters. The summed E-state index contributed by atoms with van der Waals surface area (Å²) in [5.41, 5.74) is -0.428. The van der Waals surface area contributed by atoms with Crippen LogP contribution in [0.15, 0.2) is 0 Å². The molecule has 0 aromatic rings. The number of hydrogen-bond acceptors (Lipinski definition) is 6. The molecule has 1 amide bonds. The molecule has 0 aromatic carbocycles. The highest BCUT2D eigenvalue weighted by Crippen LogP contribution is 2.17. The minimum Gasteiger partial charge on any atom is -0.483 e. The summed E-state index contributed by atoms with van der Waals surface area (Å²) in [5, 5.41) is 9.80. The second-order valence-electron chi connectivity index (χ2n) is 17.4. The maximum absolute atomic E-state index is 11.9. The lowest BCUT2D eigenvalue weighted by Crippen LogP contribution is -2.35. The van der Waals surface area contributed by atoms with E-state index in [-0.39, 0.29) is 18.7 Å². The second-order valence-corrected chi connectivity index (χ2v) is 17.4. The summed E-state index contributed by atoms with van der Waals surface area (Å²) in [6.07, 6.45) is 43.6. The lowest BCUT2D eigenvalue weighted by Gasteiger charge is -2.23. The van der Waals surface area contributed by atoms with E-state index >= 15 is 0 Å². The Balaban J connectivity index is -0.00000107. The van der Waals surface area contributed by atoms with Gasteiger partial charge >= 0.3 is 6.09 Å². The number of carbonyl (C=O) groups is 3. The molecule has 0 aromatic heterocycles. The predicted molar refractivity (Wildman–Crippen MR) is 245 cm³/mol. The van der Waals surface area contributed by atoms with Gasteiger partial charge in [0, 0.05) is 6.54 Å². The van der Waals surface area contributed by atoms with Crippen molar-refractivity contribution in [3.05, 3.63) is 0 Å². The zero-order valence-electron chi connectivity index (χ0n) is 39.3. The fourth-order valence-corrected chi connectivity index (χ4v) is 7.10. The van der Waals surface area contributed by atoms with Gasteiger partial charge in [-0.15, -0.1) is 0 Å². The molecule has 0 aliphatic heterocycles. The number of amides is 1. The first-order valence-electron chi connectivity index (χ1n) is 24.5. The van der Waals surface area contributed by atoms with Gasteiger partial charge in [0.25, 0.3) is 12.9 Å². The number of ether oxygens (including phenoxy) is 2. The number of nitrogens with one attached hydrogen (secondary N) is 1. The summed E-state index contributed by atoms with van der Waals surface area (Å²) < 4.78 is 10.6. The normalized spacial score (nSPS) is 11.1. The molecule has 0 aliphatic carbocycles. The van der Waals surface area contributed by atoms with Crippen molar-refractivity contribution in [1.82, 2.24) is 10.2 Å². The quantitative estimate of drug-likeness (QED) is 0.0469. The van der Waals surface area contributed by atoms with Crippen molar-refractivity contribution in [2.75, 3.05) is 26.2 Å². The van der Waals surface area contributed by atoms with E-state index in [1.54, 1.807) is 0 Å². The van der Waals surface area contributed by atoms with Gasteiger partial charge in [0.05, 0.1) is 0 Å². The Morgan fingerprint density at radius 1 is 0.526 bits per heavy atom. The fourth-order valence-electron chi connectivity index (χ4n) is 7.10. The van der Waals surface area contributed by atoms with Crippen molar-refractivity contribution in [2.24, 2.45) is 0 Å². The molecule has 0 saturated heterocycles. The maximum Gasteiger partial charge on any atom is 0.407 e. The SMILES string of the molecule is CCCCCCCCC(CCCCCCCC)OC=O.CCCCCCCCCCCCCCN(CCCCCCCC)CCCNC(=O)OC(C)(C)C.O=CO. The van der Waals surface area contributed by atoms with Gasteiger partial charge in [0.2, 0.25) is 0 Å². The molecule has 342 valence electrons. The molecule has 0 spiro atoms. The lowest BCUT2D eigenvalue weighted by molar-refractivity contribution is -0.134. The van der Waals surface area contributed by atoms with E-state index in [0.717, 1.165) is 25.8 Å². The Hall–Kier alpha value is -1.83. The molecule has 57 heavy (non-hydrogen) atoms. The van der Waals surface area contributed by atoms with Gasteiger partial charge in [0.1, 0.15) is 11.7 Å². The number of rotatable bonds is 40. The van der Waals surface area contributed by atoms with Crippen LogP contribution in [0.2, 0.25) is 0 Å². The first-order valence-corrected chi connectivity index (χ1v) is 24.5. The lowest BCUT2D eigenvalue weighted by atomic mass is 10.0. The van der Waals surface area contributed by atoms with Crippen molar-refractivity contribution in [3.63, 3.8) is 0 Å². The number of alkyl carbamates (subject to hydrolysis) is 1. The van der Waals surface area contributed by atoms with Crippen molar-refractivity contribution in [1.29, 1.82) is 0 Å². The first-order chi connectivity index (χ1) is 27.6. The molecule has 8 heteroatoms. The molecule has 0 aliphatic rings. The smallest absolute Gasteiger partial charge is 0.407 e. The van der Waals surface area contributed by atoms with E-state index in [1.807, 2.05) is 20.8 Å². The van der Waals surface area contributed by atoms with Gasteiger partial charge in [-0.25, -0.2) is 4.79 Å². The molecule has 0 heterocycles. The van der Waals surface area contributed by atoms with Crippen LogP contribution in [0, 0.1) is 0 Å². The van der Waals surface area contributed by atoms with E-state index < -0.39 is 5.60 Å². The van der Waals surface area contributed by atoms with Gasteiger partial charge in [-0.2, -0.15) is 0 Å². The van der Waals surface area contributed by atoms with Crippen LogP contribution in [-0.4, -0.2) is 66.9 Å². The Bertz CT molecular complexity index is 774. The van der Waals surface area contributed by atoms with Gasteiger partial charge in [0.15, 0.2) is 0 Å². The van der Waals surface area contributed by atoms with E-state index in [1.165, 1.54) is 206 Å². The van der Waals surface area contributed by atoms with Gasteiger partial charge < -0.3 is 24.8 Å². The van der Waals surface area contributed by atoms with Crippen molar-refractivity contribution in [2.45, 2.75) is 272 Å². The molecule has 8 nitrogen and oxygen atoms in total. The maximum atomic E-state index is 11.9. The molecule has 2 N–H and O–H groups in total. The zero-order valence-corrected chi connectivity index (χ0v) is 39.3. The van der Waals surface area contributed by atoms with Gasteiger partial charge in [-0.3, -0.25) is 9.59 Å². The molecular weight excluding hydrogens is 713 g/mol. The summed E-state index contributed by atoms with van der Waals surface area (Å²) in [7, 11) is 0. The van der Waals surface area contributed by atoms with Crippen LogP contribution in [0.25, 0.3) is 0 Å². The van der Waals surface area contributed by atoms with Crippen LogP contribution in [0.4, 0.5) is 4.79 Å². The van der Waals surface area contributed by atoms with Crippen LogP contribution >= 0.6 is 0 Å². The number of carbonyl (C=O) groups excluding carboxylic acids is 2. The summed E-state index contributed by atoms with van der Waals surface area (Å²) in [6.45, 7) is 19.3. The molecule has 0 bridgehead atoms. The highest BCUT2D eigenvalue weighted by atomic mass is 16.6. The molecule has 0 rings (SSSR count). The Morgan fingerprint density at radius 2 is 0.825 bits per heavy atom. The van der Waals surface area contributed by atoms with Crippen LogP contribution in [0.3, 0.4) is 0 Å². The minimum absolute atomic E-state index is 0.171. The molecule has 0 saturated carbocycles. The van der Waals surface area contributed by atoms with E-state index in [9.17, 15) is 9.59 Å². The standard InChI is InChI=1S/C30H62N2O2.C18H36O2.CH2O2/c1-6-8-10-12-14-15-16-17-18-19-21-23-27-32(26-22-20-13-11-9-7-2)28-24-25-31-29(33)34-30(3,4)5;1-3-5-7-9-11-13-15-18(20-17-19)16-14-12-10-8-6-4-2;2-1-3/h6-28H2,1-5H3,(H,31,33);17-18H,3-16H2,1-2H3;1H,(H,2,3).